The first-order chi connectivity index (χ1) is 8.74. The van der Waals surface area contributed by atoms with E-state index < -0.39 is 0 Å². The summed E-state index contributed by atoms with van der Waals surface area (Å²) in [6, 6.07) is 2.27. The van der Waals surface area contributed by atoms with Crippen LogP contribution in [0.1, 0.15) is 30.7 Å². The Bertz CT molecular complexity index is 475. The van der Waals surface area contributed by atoms with Gasteiger partial charge in [-0.2, -0.15) is 10.4 Å². The molecular formula is C13H18N4O. The van der Waals surface area contributed by atoms with Crippen molar-refractivity contribution in [3.63, 3.8) is 0 Å². The zero-order chi connectivity index (χ0) is 13.1. The van der Waals surface area contributed by atoms with Crippen molar-refractivity contribution in [1.29, 1.82) is 5.26 Å². The summed E-state index contributed by atoms with van der Waals surface area (Å²) >= 11 is 0. The Labute approximate surface area is 107 Å². The average molecular weight is 246 g/mol. The normalized spacial score (nSPS) is 15.3. The maximum absolute atomic E-state index is 9.35. The minimum absolute atomic E-state index is 0.194. The van der Waals surface area contributed by atoms with Crippen LogP contribution in [0.25, 0.3) is 0 Å². The number of aliphatic hydroxyl groups is 1. The van der Waals surface area contributed by atoms with Gasteiger partial charge in [0, 0.05) is 25.6 Å². The van der Waals surface area contributed by atoms with Crippen LogP contribution in [0.3, 0.4) is 0 Å². The summed E-state index contributed by atoms with van der Waals surface area (Å²) in [5, 5.41) is 26.8. The van der Waals surface area contributed by atoms with Crippen LogP contribution in [-0.4, -0.2) is 35.0 Å². The molecule has 0 spiro atoms. The number of nitriles is 1. The molecule has 2 rings (SSSR count). The Morgan fingerprint density at radius 3 is 2.56 bits per heavy atom. The topological polar surface area (TPSA) is 73.0 Å². The molecule has 5 nitrogen and oxygen atoms in total. The summed E-state index contributed by atoms with van der Waals surface area (Å²) in [6.45, 7) is 5.77. The van der Waals surface area contributed by atoms with Crippen molar-refractivity contribution in [2.24, 2.45) is 5.92 Å². The standard InChI is InChI=1S/C13H18N4O/c1-3-10-11(5-14)13(16-15-12(10)4-2)17-6-9(7-17)8-18/h9,18H,3-4,6-8H2,1-2H3. The molecule has 1 aliphatic heterocycles. The van der Waals surface area contributed by atoms with E-state index in [4.69, 9.17) is 5.11 Å². The monoisotopic (exact) mass is 246 g/mol. The van der Waals surface area contributed by atoms with E-state index in [0.717, 1.165) is 37.2 Å². The van der Waals surface area contributed by atoms with Crippen LogP contribution in [-0.2, 0) is 12.8 Å². The average Bonchev–Trinajstić information content (AvgIpc) is 2.36. The van der Waals surface area contributed by atoms with Crippen molar-refractivity contribution in [3.05, 3.63) is 16.8 Å². The molecule has 0 saturated carbocycles. The van der Waals surface area contributed by atoms with Crippen LogP contribution < -0.4 is 4.90 Å². The largest absolute Gasteiger partial charge is 0.396 e. The van der Waals surface area contributed by atoms with Gasteiger partial charge in [-0.3, -0.25) is 0 Å². The van der Waals surface area contributed by atoms with E-state index in [9.17, 15) is 5.26 Å². The van der Waals surface area contributed by atoms with Crippen LogP contribution in [0.4, 0.5) is 5.82 Å². The molecule has 0 aliphatic carbocycles. The quantitative estimate of drug-likeness (QED) is 0.854. The number of nitrogens with zero attached hydrogens (tertiary/aromatic N) is 4. The minimum Gasteiger partial charge on any atom is -0.396 e. The van der Waals surface area contributed by atoms with Gasteiger partial charge in [0.25, 0.3) is 0 Å². The lowest BCUT2D eigenvalue weighted by Crippen LogP contribution is -2.49. The van der Waals surface area contributed by atoms with Crippen LogP contribution in [0, 0.1) is 17.2 Å². The van der Waals surface area contributed by atoms with Crippen LogP contribution >= 0.6 is 0 Å². The Kier molecular flexibility index (Phi) is 3.78. The number of aryl methyl sites for hydroxylation is 1. The molecule has 1 N–H and O–H groups in total. The number of hydrogen-bond acceptors (Lipinski definition) is 5. The van der Waals surface area contributed by atoms with Crippen molar-refractivity contribution in [3.8, 4) is 6.07 Å². The fourth-order valence-corrected chi connectivity index (χ4v) is 2.36. The van der Waals surface area contributed by atoms with E-state index in [1.807, 2.05) is 18.7 Å². The summed E-state index contributed by atoms with van der Waals surface area (Å²) in [7, 11) is 0. The molecule has 0 bridgehead atoms. The van der Waals surface area contributed by atoms with Crippen LogP contribution in [0.2, 0.25) is 0 Å². The van der Waals surface area contributed by atoms with E-state index in [2.05, 4.69) is 16.3 Å². The molecule has 1 aromatic rings. The third-order valence-electron chi connectivity index (χ3n) is 3.45. The van der Waals surface area contributed by atoms with E-state index in [1.54, 1.807) is 0 Å². The minimum atomic E-state index is 0.194. The van der Waals surface area contributed by atoms with Gasteiger partial charge >= 0.3 is 0 Å². The Hall–Kier alpha value is -1.67. The first-order valence-electron chi connectivity index (χ1n) is 6.39. The third-order valence-corrected chi connectivity index (χ3v) is 3.45. The molecule has 0 radical (unpaired) electrons. The lowest BCUT2D eigenvalue weighted by atomic mass is 9.98. The van der Waals surface area contributed by atoms with Gasteiger partial charge in [0.1, 0.15) is 11.6 Å². The number of hydrogen-bond donors (Lipinski definition) is 1. The second-order valence-electron chi connectivity index (χ2n) is 4.60. The van der Waals surface area contributed by atoms with Gasteiger partial charge in [0.2, 0.25) is 0 Å². The van der Waals surface area contributed by atoms with E-state index >= 15 is 0 Å². The maximum atomic E-state index is 9.35. The first-order valence-corrected chi connectivity index (χ1v) is 6.39. The highest BCUT2D eigenvalue weighted by Crippen LogP contribution is 2.28. The summed E-state index contributed by atoms with van der Waals surface area (Å²) in [4.78, 5) is 2.02. The van der Waals surface area contributed by atoms with E-state index in [-0.39, 0.29) is 6.61 Å². The highest BCUT2D eigenvalue weighted by molar-refractivity contribution is 5.59. The molecule has 1 fully saturated rings. The number of anilines is 1. The van der Waals surface area contributed by atoms with Gasteiger partial charge in [0.05, 0.1) is 5.69 Å². The lowest BCUT2D eigenvalue weighted by Gasteiger charge is -2.39. The van der Waals surface area contributed by atoms with Gasteiger partial charge < -0.3 is 10.0 Å². The Morgan fingerprint density at radius 2 is 2.06 bits per heavy atom. The fraction of sp³-hybridized carbons (Fsp3) is 0.615. The maximum Gasteiger partial charge on any atom is 0.169 e. The molecule has 0 atom stereocenters. The SMILES string of the molecule is CCc1nnc(N2CC(CO)C2)c(C#N)c1CC. The van der Waals surface area contributed by atoms with Crippen molar-refractivity contribution in [2.45, 2.75) is 26.7 Å². The molecule has 5 heteroatoms. The van der Waals surface area contributed by atoms with Crippen molar-refractivity contribution >= 4 is 5.82 Å². The van der Waals surface area contributed by atoms with Gasteiger partial charge in [-0.05, 0) is 18.4 Å². The predicted molar refractivity (Wildman–Crippen MR) is 68.3 cm³/mol. The van der Waals surface area contributed by atoms with Crippen molar-refractivity contribution < 1.29 is 5.11 Å². The molecule has 1 aliphatic rings. The molecular weight excluding hydrogens is 228 g/mol. The Balaban J connectivity index is 2.35. The van der Waals surface area contributed by atoms with Crippen LogP contribution in [0.5, 0.6) is 0 Å². The summed E-state index contributed by atoms with van der Waals surface area (Å²) in [5.41, 5.74) is 2.58. The molecule has 0 aromatic carbocycles. The number of aliphatic hydroxyl groups excluding tert-OH is 1. The third kappa shape index (κ3) is 2.04. The highest BCUT2D eigenvalue weighted by Gasteiger charge is 2.30. The van der Waals surface area contributed by atoms with Gasteiger partial charge in [-0.15, -0.1) is 5.10 Å². The molecule has 2 heterocycles. The predicted octanol–water partition coefficient (Wildman–Crippen LogP) is 0.902. The highest BCUT2D eigenvalue weighted by atomic mass is 16.3. The number of rotatable bonds is 4. The number of aromatic nitrogens is 2. The second-order valence-corrected chi connectivity index (χ2v) is 4.60. The zero-order valence-electron chi connectivity index (χ0n) is 10.8. The molecule has 1 saturated heterocycles. The van der Waals surface area contributed by atoms with Crippen LogP contribution in [0.15, 0.2) is 0 Å². The molecule has 0 unspecified atom stereocenters. The molecule has 0 amide bonds. The second kappa shape index (κ2) is 5.32. The van der Waals surface area contributed by atoms with Gasteiger partial charge in [0.15, 0.2) is 5.82 Å². The van der Waals surface area contributed by atoms with Crippen molar-refractivity contribution in [1.82, 2.24) is 10.2 Å². The smallest absolute Gasteiger partial charge is 0.169 e. The molecule has 18 heavy (non-hydrogen) atoms. The molecule has 96 valence electrons. The van der Waals surface area contributed by atoms with Gasteiger partial charge in [-0.1, -0.05) is 13.8 Å². The fourth-order valence-electron chi connectivity index (χ4n) is 2.36. The zero-order valence-corrected chi connectivity index (χ0v) is 10.8. The van der Waals surface area contributed by atoms with E-state index in [0.29, 0.717) is 17.3 Å². The van der Waals surface area contributed by atoms with E-state index in [1.165, 1.54) is 0 Å². The summed E-state index contributed by atoms with van der Waals surface area (Å²) in [5.74, 6) is 0.977. The molecule has 1 aromatic heterocycles. The summed E-state index contributed by atoms with van der Waals surface area (Å²) in [6.07, 6.45) is 1.59. The first kappa shape index (κ1) is 12.8. The van der Waals surface area contributed by atoms with Gasteiger partial charge in [-0.25, -0.2) is 0 Å². The van der Waals surface area contributed by atoms with Crippen molar-refractivity contribution in [2.75, 3.05) is 24.6 Å². The summed E-state index contributed by atoms with van der Waals surface area (Å²) < 4.78 is 0. The Morgan fingerprint density at radius 1 is 1.33 bits per heavy atom. The lowest BCUT2D eigenvalue weighted by molar-refractivity contribution is 0.200.